The van der Waals surface area contributed by atoms with Crippen LogP contribution in [0.15, 0.2) is 18.2 Å². The molecule has 1 aromatic rings. The Morgan fingerprint density at radius 2 is 1.77 bits per heavy atom. The van der Waals surface area contributed by atoms with Crippen LogP contribution >= 0.6 is 23.2 Å². The van der Waals surface area contributed by atoms with Crippen molar-refractivity contribution in [2.45, 2.75) is 6.92 Å². The molecule has 5 heteroatoms. The lowest BCUT2D eigenvalue weighted by atomic mass is 10.3. The number of hydrogen-bond donors (Lipinski definition) is 1. The van der Waals surface area contributed by atoms with Crippen LogP contribution in [0.2, 0.25) is 10.0 Å². The van der Waals surface area contributed by atoms with E-state index in [1.165, 1.54) is 6.92 Å². The lowest BCUT2D eigenvalue weighted by molar-refractivity contribution is -0.116. The number of anilines is 1. The molecular formula is C8H8Cl2N2O. The second-order valence-corrected chi connectivity index (χ2v) is 3.39. The molecule has 0 saturated heterocycles. The van der Waals surface area contributed by atoms with Gasteiger partial charge in [0.25, 0.3) is 0 Å². The summed E-state index contributed by atoms with van der Waals surface area (Å²) in [4.78, 5) is 10.9. The normalized spacial score (nSPS) is 9.85. The standard InChI is InChI=1S/C8H8Cl2N2O/c1-5(13)12(11)8-3-6(9)2-7(10)4-8/h2-4H,11H2,1H3. The second kappa shape index (κ2) is 3.96. The third kappa shape index (κ3) is 2.59. The number of hydrogen-bond acceptors (Lipinski definition) is 2. The van der Waals surface area contributed by atoms with E-state index in [2.05, 4.69) is 0 Å². The molecular weight excluding hydrogens is 211 g/mol. The number of halogens is 2. The Balaban J connectivity index is 3.07. The van der Waals surface area contributed by atoms with E-state index in [4.69, 9.17) is 29.0 Å². The van der Waals surface area contributed by atoms with Crippen molar-refractivity contribution in [3.05, 3.63) is 28.2 Å². The highest BCUT2D eigenvalue weighted by Gasteiger charge is 2.07. The first-order valence-corrected chi connectivity index (χ1v) is 4.28. The first kappa shape index (κ1) is 10.3. The Labute approximate surface area is 86.0 Å². The second-order valence-electron chi connectivity index (χ2n) is 2.52. The summed E-state index contributed by atoms with van der Waals surface area (Å²) in [7, 11) is 0. The molecule has 0 heterocycles. The molecule has 0 aliphatic carbocycles. The lowest BCUT2D eigenvalue weighted by Gasteiger charge is -2.14. The lowest BCUT2D eigenvalue weighted by Crippen LogP contribution is -2.35. The van der Waals surface area contributed by atoms with Gasteiger partial charge in [-0.2, -0.15) is 0 Å². The monoisotopic (exact) mass is 218 g/mol. The minimum atomic E-state index is -0.279. The number of rotatable bonds is 1. The van der Waals surface area contributed by atoms with Crippen molar-refractivity contribution < 1.29 is 4.79 Å². The van der Waals surface area contributed by atoms with Crippen molar-refractivity contribution in [2.24, 2.45) is 5.84 Å². The number of carbonyl (C=O) groups excluding carboxylic acids is 1. The zero-order valence-electron chi connectivity index (χ0n) is 6.92. The molecule has 1 aromatic carbocycles. The average molecular weight is 219 g/mol. The maximum Gasteiger partial charge on any atom is 0.238 e. The van der Waals surface area contributed by atoms with E-state index in [0.717, 1.165) is 5.01 Å². The van der Waals surface area contributed by atoms with Crippen LogP contribution in [0.25, 0.3) is 0 Å². The van der Waals surface area contributed by atoms with Crippen molar-refractivity contribution in [3.63, 3.8) is 0 Å². The number of hydrazine groups is 1. The topological polar surface area (TPSA) is 46.3 Å². The summed E-state index contributed by atoms with van der Waals surface area (Å²) < 4.78 is 0. The Morgan fingerprint density at radius 3 is 2.15 bits per heavy atom. The molecule has 1 amide bonds. The molecule has 0 aromatic heterocycles. The van der Waals surface area contributed by atoms with Gasteiger partial charge in [-0.05, 0) is 18.2 Å². The first-order valence-electron chi connectivity index (χ1n) is 3.52. The zero-order chi connectivity index (χ0) is 10.0. The summed E-state index contributed by atoms with van der Waals surface area (Å²) in [6.07, 6.45) is 0. The van der Waals surface area contributed by atoms with E-state index in [-0.39, 0.29) is 5.91 Å². The summed E-state index contributed by atoms with van der Waals surface area (Å²) >= 11 is 11.4. The molecule has 0 fully saturated rings. The van der Waals surface area contributed by atoms with E-state index < -0.39 is 0 Å². The Bertz CT molecular complexity index is 321. The zero-order valence-corrected chi connectivity index (χ0v) is 8.43. The smallest absolute Gasteiger partial charge is 0.238 e. The summed E-state index contributed by atoms with van der Waals surface area (Å²) in [6, 6.07) is 4.70. The van der Waals surface area contributed by atoms with Crippen molar-refractivity contribution in [3.8, 4) is 0 Å². The number of carbonyl (C=O) groups is 1. The van der Waals surface area contributed by atoms with Crippen molar-refractivity contribution >= 4 is 34.8 Å². The van der Waals surface area contributed by atoms with Gasteiger partial charge >= 0.3 is 0 Å². The van der Waals surface area contributed by atoms with Gasteiger partial charge in [-0.3, -0.25) is 4.79 Å². The minimum Gasteiger partial charge on any atom is -0.273 e. The minimum absolute atomic E-state index is 0.279. The van der Waals surface area contributed by atoms with Gasteiger partial charge in [-0.15, -0.1) is 0 Å². The predicted octanol–water partition coefficient (Wildman–Crippen LogP) is 2.22. The van der Waals surface area contributed by atoms with Crippen molar-refractivity contribution in [2.75, 3.05) is 5.01 Å². The fourth-order valence-corrected chi connectivity index (χ4v) is 1.37. The molecule has 0 unspecified atom stereocenters. The third-order valence-corrected chi connectivity index (χ3v) is 1.90. The molecule has 0 aliphatic heterocycles. The number of benzene rings is 1. The number of nitrogens with zero attached hydrogens (tertiary/aromatic N) is 1. The quantitative estimate of drug-likeness (QED) is 0.447. The van der Waals surface area contributed by atoms with Gasteiger partial charge < -0.3 is 0 Å². The maximum absolute atomic E-state index is 10.9. The molecule has 1 rings (SSSR count). The Kier molecular flexibility index (Phi) is 3.14. The third-order valence-electron chi connectivity index (χ3n) is 1.46. The summed E-state index contributed by atoms with van der Waals surface area (Å²) in [5.41, 5.74) is 0.477. The number of amides is 1. The van der Waals surface area contributed by atoms with Gasteiger partial charge in [0.2, 0.25) is 5.91 Å². The van der Waals surface area contributed by atoms with E-state index in [0.29, 0.717) is 15.7 Å². The predicted molar refractivity (Wildman–Crippen MR) is 53.8 cm³/mol. The fourth-order valence-electron chi connectivity index (χ4n) is 0.860. The fraction of sp³-hybridized carbons (Fsp3) is 0.125. The van der Waals surface area contributed by atoms with E-state index in [1.54, 1.807) is 18.2 Å². The van der Waals surface area contributed by atoms with Crippen LogP contribution < -0.4 is 10.9 Å². The van der Waals surface area contributed by atoms with Crippen LogP contribution in [-0.4, -0.2) is 5.91 Å². The van der Waals surface area contributed by atoms with Crippen molar-refractivity contribution in [1.82, 2.24) is 0 Å². The van der Waals surface area contributed by atoms with Gasteiger partial charge in [0.05, 0.1) is 5.69 Å². The van der Waals surface area contributed by atoms with Crippen LogP contribution in [0.5, 0.6) is 0 Å². The molecule has 70 valence electrons. The van der Waals surface area contributed by atoms with Crippen LogP contribution in [0, 0.1) is 0 Å². The summed E-state index contributed by atoms with van der Waals surface area (Å²) in [5.74, 6) is 5.16. The van der Waals surface area contributed by atoms with Crippen LogP contribution in [0.4, 0.5) is 5.69 Å². The Morgan fingerprint density at radius 1 is 1.31 bits per heavy atom. The highest BCUT2D eigenvalue weighted by molar-refractivity contribution is 6.35. The molecule has 0 saturated carbocycles. The number of nitrogens with two attached hydrogens (primary N) is 1. The molecule has 0 atom stereocenters. The average Bonchev–Trinajstić information content (AvgIpc) is 2.01. The van der Waals surface area contributed by atoms with Gasteiger partial charge in [-0.25, -0.2) is 10.9 Å². The molecule has 3 nitrogen and oxygen atoms in total. The van der Waals surface area contributed by atoms with Crippen LogP contribution in [0.1, 0.15) is 6.92 Å². The van der Waals surface area contributed by atoms with Crippen LogP contribution in [0.3, 0.4) is 0 Å². The molecule has 0 aliphatic rings. The van der Waals surface area contributed by atoms with E-state index in [1.807, 2.05) is 0 Å². The first-order chi connectivity index (χ1) is 6.00. The highest BCUT2D eigenvalue weighted by atomic mass is 35.5. The SMILES string of the molecule is CC(=O)N(N)c1cc(Cl)cc(Cl)c1. The van der Waals surface area contributed by atoms with Gasteiger partial charge in [-0.1, -0.05) is 23.2 Å². The molecule has 0 radical (unpaired) electrons. The van der Waals surface area contributed by atoms with Crippen molar-refractivity contribution in [1.29, 1.82) is 0 Å². The highest BCUT2D eigenvalue weighted by Crippen LogP contribution is 2.23. The molecule has 0 spiro atoms. The largest absolute Gasteiger partial charge is 0.273 e. The summed E-state index contributed by atoms with van der Waals surface area (Å²) in [5, 5.41) is 1.87. The molecule has 13 heavy (non-hydrogen) atoms. The van der Waals surface area contributed by atoms with Crippen LogP contribution in [-0.2, 0) is 4.79 Å². The van der Waals surface area contributed by atoms with E-state index in [9.17, 15) is 4.79 Å². The molecule has 2 N–H and O–H groups in total. The molecule has 0 bridgehead atoms. The Hall–Kier alpha value is -0.770. The summed E-state index contributed by atoms with van der Waals surface area (Å²) in [6.45, 7) is 1.36. The van der Waals surface area contributed by atoms with Gasteiger partial charge in [0.15, 0.2) is 0 Å². The van der Waals surface area contributed by atoms with Gasteiger partial charge in [0.1, 0.15) is 0 Å². The van der Waals surface area contributed by atoms with Gasteiger partial charge in [0, 0.05) is 17.0 Å². The maximum atomic E-state index is 10.9. The van der Waals surface area contributed by atoms with E-state index >= 15 is 0 Å².